The van der Waals surface area contributed by atoms with E-state index in [-0.39, 0.29) is 0 Å². The molecule has 2 rings (SSSR count). The van der Waals surface area contributed by atoms with E-state index in [0.29, 0.717) is 0 Å². The molecule has 0 amide bonds. The van der Waals surface area contributed by atoms with Gasteiger partial charge in [-0.05, 0) is 31.4 Å². The van der Waals surface area contributed by atoms with Crippen molar-refractivity contribution in [2.45, 2.75) is 20.3 Å². The standard InChI is InChI=1S/C11H16N2/c1-8-4-5-9(2)11-10(8)12-6-3-7-13-11/h4-5,12-13H,3,6-7H2,1-2H3. The maximum atomic E-state index is 3.47. The number of nitrogens with one attached hydrogen (secondary N) is 2. The van der Waals surface area contributed by atoms with Gasteiger partial charge in [0.1, 0.15) is 0 Å². The fourth-order valence-electron chi connectivity index (χ4n) is 1.78. The van der Waals surface area contributed by atoms with Crippen LogP contribution in [-0.2, 0) is 0 Å². The van der Waals surface area contributed by atoms with Gasteiger partial charge in [-0.1, -0.05) is 12.1 Å². The first-order valence-corrected chi connectivity index (χ1v) is 4.87. The first-order valence-electron chi connectivity index (χ1n) is 4.87. The summed E-state index contributed by atoms with van der Waals surface area (Å²) in [4.78, 5) is 0. The van der Waals surface area contributed by atoms with E-state index in [0.717, 1.165) is 13.1 Å². The summed E-state index contributed by atoms with van der Waals surface area (Å²) in [6, 6.07) is 4.35. The summed E-state index contributed by atoms with van der Waals surface area (Å²) < 4.78 is 0. The number of hydrogen-bond donors (Lipinski definition) is 2. The Labute approximate surface area is 79.4 Å². The van der Waals surface area contributed by atoms with Crippen LogP contribution in [0.4, 0.5) is 11.4 Å². The maximum absolute atomic E-state index is 3.47. The lowest BCUT2D eigenvalue weighted by Crippen LogP contribution is -2.01. The largest absolute Gasteiger partial charge is 0.383 e. The van der Waals surface area contributed by atoms with E-state index in [1.54, 1.807) is 0 Å². The number of aryl methyl sites for hydroxylation is 2. The van der Waals surface area contributed by atoms with Crippen molar-refractivity contribution in [3.05, 3.63) is 23.3 Å². The van der Waals surface area contributed by atoms with Crippen molar-refractivity contribution in [2.24, 2.45) is 0 Å². The number of hydrogen-bond acceptors (Lipinski definition) is 2. The zero-order valence-electron chi connectivity index (χ0n) is 8.28. The Morgan fingerprint density at radius 2 is 1.38 bits per heavy atom. The summed E-state index contributed by atoms with van der Waals surface area (Å²) >= 11 is 0. The van der Waals surface area contributed by atoms with Crippen LogP contribution in [0.15, 0.2) is 12.1 Å². The van der Waals surface area contributed by atoms with Crippen molar-refractivity contribution in [3.8, 4) is 0 Å². The third-order valence-electron chi connectivity index (χ3n) is 2.58. The molecule has 1 aromatic carbocycles. The van der Waals surface area contributed by atoms with Gasteiger partial charge in [0, 0.05) is 13.1 Å². The first kappa shape index (κ1) is 8.42. The summed E-state index contributed by atoms with van der Waals surface area (Å²) in [5.74, 6) is 0. The van der Waals surface area contributed by atoms with Gasteiger partial charge in [0.15, 0.2) is 0 Å². The molecule has 0 radical (unpaired) electrons. The third-order valence-corrected chi connectivity index (χ3v) is 2.58. The van der Waals surface area contributed by atoms with E-state index in [1.165, 1.54) is 28.9 Å². The van der Waals surface area contributed by atoms with Crippen molar-refractivity contribution in [2.75, 3.05) is 23.7 Å². The predicted molar refractivity (Wildman–Crippen MR) is 57.5 cm³/mol. The normalized spacial score (nSPS) is 15.2. The Balaban J connectivity index is 2.50. The van der Waals surface area contributed by atoms with Crippen molar-refractivity contribution in [1.29, 1.82) is 0 Å². The Hall–Kier alpha value is -1.18. The lowest BCUT2D eigenvalue weighted by molar-refractivity contribution is 0.927. The minimum atomic E-state index is 1.07. The van der Waals surface area contributed by atoms with Crippen LogP contribution in [0.5, 0.6) is 0 Å². The van der Waals surface area contributed by atoms with Gasteiger partial charge in [0.05, 0.1) is 11.4 Å². The number of rotatable bonds is 0. The fraction of sp³-hybridized carbons (Fsp3) is 0.455. The van der Waals surface area contributed by atoms with Gasteiger partial charge in [-0.2, -0.15) is 0 Å². The Morgan fingerprint density at radius 3 is 1.85 bits per heavy atom. The molecule has 0 saturated heterocycles. The molecule has 1 aliphatic rings. The first-order chi connectivity index (χ1) is 6.29. The van der Waals surface area contributed by atoms with Crippen molar-refractivity contribution < 1.29 is 0 Å². The topological polar surface area (TPSA) is 24.1 Å². The molecule has 13 heavy (non-hydrogen) atoms. The van der Waals surface area contributed by atoms with Gasteiger partial charge in [0.2, 0.25) is 0 Å². The van der Waals surface area contributed by atoms with Crippen LogP contribution in [0.2, 0.25) is 0 Å². The van der Waals surface area contributed by atoms with E-state index in [1.807, 2.05) is 0 Å². The molecule has 0 saturated carbocycles. The minimum absolute atomic E-state index is 1.07. The lowest BCUT2D eigenvalue weighted by Gasteiger charge is -2.13. The van der Waals surface area contributed by atoms with Crippen LogP contribution in [0.3, 0.4) is 0 Å². The second kappa shape index (κ2) is 3.29. The molecule has 1 heterocycles. The van der Waals surface area contributed by atoms with Crippen LogP contribution in [0.25, 0.3) is 0 Å². The number of fused-ring (bicyclic) bond motifs is 1. The molecule has 0 aliphatic carbocycles. The molecular weight excluding hydrogens is 160 g/mol. The number of anilines is 2. The van der Waals surface area contributed by atoms with Crippen molar-refractivity contribution in [1.82, 2.24) is 0 Å². The average Bonchev–Trinajstić information content (AvgIpc) is 2.37. The molecule has 1 aliphatic heterocycles. The smallest absolute Gasteiger partial charge is 0.0608 e. The second-order valence-electron chi connectivity index (χ2n) is 3.66. The second-order valence-corrected chi connectivity index (χ2v) is 3.66. The summed E-state index contributed by atoms with van der Waals surface area (Å²) in [5.41, 5.74) is 5.24. The lowest BCUT2D eigenvalue weighted by atomic mass is 10.1. The number of benzene rings is 1. The van der Waals surface area contributed by atoms with Crippen LogP contribution in [0, 0.1) is 13.8 Å². The molecule has 2 N–H and O–H groups in total. The highest BCUT2D eigenvalue weighted by Gasteiger charge is 2.10. The van der Waals surface area contributed by atoms with Crippen molar-refractivity contribution >= 4 is 11.4 Å². The molecule has 0 spiro atoms. The van der Waals surface area contributed by atoms with E-state index in [2.05, 4.69) is 36.6 Å². The highest BCUT2D eigenvalue weighted by Crippen LogP contribution is 2.30. The molecule has 1 aromatic rings. The summed E-state index contributed by atoms with van der Waals surface area (Å²) in [6.45, 7) is 6.45. The molecule has 0 fully saturated rings. The molecule has 0 aromatic heterocycles. The predicted octanol–water partition coefficient (Wildman–Crippen LogP) is 2.53. The highest BCUT2D eigenvalue weighted by molar-refractivity contribution is 5.76. The fourth-order valence-corrected chi connectivity index (χ4v) is 1.78. The SMILES string of the molecule is Cc1ccc(C)c2c1NCCCN2. The zero-order valence-corrected chi connectivity index (χ0v) is 8.28. The van der Waals surface area contributed by atoms with Crippen LogP contribution in [0.1, 0.15) is 17.5 Å². The van der Waals surface area contributed by atoms with Gasteiger partial charge in [0.25, 0.3) is 0 Å². The van der Waals surface area contributed by atoms with Gasteiger partial charge in [-0.15, -0.1) is 0 Å². The zero-order chi connectivity index (χ0) is 9.26. The quantitative estimate of drug-likeness (QED) is 0.634. The van der Waals surface area contributed by atoms with Crippen LogP contribution >= 0.6 is 0 Å². The third kappa shape index (κ3) is 1.48. The van der Waals surface area contributed by atoms with Crippen LogP contribution < -0.4 is 10.6 Å². The maximum Gasteiger partial charge on any atom is 0.0608 e. The van der Waals surface area contributed by atoms with E-state index in [9.17, 15) is 0 Å². The molecule has 70 valence electrons. The molecule has 0 unspecified atom stereocenters. The minimum Gasteiger partial charge on any atom is -0.383 e. The summed E-state index contributed by atoms with van der Waals surface area (Å²) in [7, 11) is 0. The van der Waals surface area contributed by atoms with E-state index < -0.39 is 0 Å². The monoisotopic (exact) mass is 176 g/mol. The summed E-state index contributed by atoms with van der Waals surface area (Å²) in [5, 5.41) is 6.94. The van der Waals surface area contributed by atoms with Crippen LogP contribution in [-0.4, -0.2) is 13.1 Å². The molecular formula is C11H16N2. The molecule has 2 heteroatoms. The molecule has 2 nitrogen and oxygen atoms in total. The highest BCUT2D eigenvalue weighted by atomic mass is 15.0. The van der Waals surface area contributed by atoms with Gasteiger partial charge >= 0.3 is 0 Å². The Bertz CT molecular complexity index is 287. The Morgan fingerprint density at radius 1 is 0.923 bits per heavy atom. The van der Waals surface area contributed by atoms with Gasteiger partial charge < -0.3 is 10.6 Å². The van der Waals surface area contributed by atoms with Crippen molar-refractivity contribution in [3.63, 3.8) is 0 Å². The van der Waals surface area contributed by atoms with Gasteiger partial charge in [-0.25, -0.2) is 0 Å². The Kier molecular flexibility index (Phi) is 2.13. The average molecular weight is 176 g/mol. The summed E-state index contributed by atoms with van der Waals surface area (Å²) in [6.07, 6.45) is 1.19. The van der Waals surface area contributed by atoms with E-state index >= 15 is 0 Å². The van der Waals surface area contributed by atoms with Gasteiger partial charge in [-0.3, -0.25) is 0 Å². The molecule has 0 bridgehead atoms. The van der Waals surface area contributed by atoms with E-state index in [4.69, 9.17) is 0 Å². The molecule has 0 atom stereocenters.